The van der Waals surface area contributed by atoms with Crippen molar-refractivity contribution in [1.82, 2.24) is 0 Å². The van der Waals surface area contributed by atoms with Crippen molar-refractivity contribution < 1.29 is 0 Å². The summed E-state index contributed by atoms with van der Waals surface area (Å²) >= 11 is 10.0. The van der Waals surface area contributed by atoms with Crippen molar-refractivity contribution in [2.75, 3.05) is 21.7 Å². The first-order valence-corrected chi connectivity index (χ1v) is 10.8. The third-order valence-electron chi connectivity index (χ3n) is 2.13. The molecule has 1 aromatic rings. The lowest BCUT2D eigenvalue weighted by Crippen LogP contribution is -1.81. The van der Waals surface area contributed by atoms with Crippen molar-refractivity contribution in [2.24, 2.45) is 0 Å². The Bertz CT molecular complexity index is 301. The lowest BCUT2D eigenvalue weighted by atomic mass is 10.4. The van der Waals surface area contributed by atoms with Crippen LogP contribution in [0.3, 0.4) is 0 Å². The van der Waals surface area contributed by atoms with Crippen molar-refractivity contribution in [1.29, 1.82) is 0 Å². The second-order valence-corrected chi connectivity index (χ2v) is 10.1. The molecule has 0 atom stereocenters. The molecule has 5 heteroatoms. The molecule has 0 saturated carbocycles. The van der Waals surface area contributed by atoms with Crippen LogP contribution in [-0.4, -0.2) is 21.7 Å². The van der Waals surface area contributed by atoms with Crippen molar-refractivity contribution in [2.45, 2.75) is 37.5 Å². The van der Waals surface area contributed by atoms with Gasteiger partial charge in [0.15, 0.2) is 0 Å². The van der Waals surface area contributed by atoms with Crippen LogP contribution in [0.2, 0.25) is 0 Å². The fourth-order valence-corrected chi connectivity index (χ4v) is 7.20. The molecule has 0 radical (unpaired) electrons. The first-order valence-electron chi connectivity index (χ1n) is 5.71. The molecule has 0 bridgehead atoms. The zero-order chi connectivity index (χ0) is 12.7. The smallest absolute Gasteiger partial charge is 0.0440 e. The highest BCUT2D eigenvalue weighted by molar-refractivity contribution is 8.17. The number of thioether (sulfide) groups is 4. The highest BCUT2D eigenvalue weighted by Crippen LogP contribution is 2.43. The molecule has 0 N–H and O–H groups in total. The molecule has 0 fully saturated rings. The van der Waals surface area contributed by atoms with Gasteiger partial charge in [-0.15, -0.1) is 34.9 Å². The number of hydrogen-bond acceptors (Lipinski definition) is 5. The Kier molecular flexibility index (Phi) is 8.62. The quantitative estimate of drug-likeness (QED) is 0.328. The van der Waals surface area contributed by atoms with E-state index < -0.39 is 0 Å². The summed E-state index contributed by atoms with van der Waals surface area (Å²) in [5, 5.41) is 2.37. The molecule has 0 nitrogen and oxygen atoms in total. The molecule has 0 amide bonds. The van der Waals surface area contributed by atoms with Crippen molar-refractivity contribution in [3.05, 3.63) is 9.75 Å². The first kappa shape index (κ1) is 16.2. The third-order valence-corrected chi connectivity index (χ3v) is 8.23. The van der Waals surface area contributed by atoms with E-state index in [0.29, 0.717) is 0 Å². The van der Waals surface area contributed by atoms with E-state index in [-0.39, 0.29) is 0 Å². The van der Waals surface area contributed by atoms with Gasteiger partial charge in [-0.05, 0) is 25.4 Å². The van der Waals surface area contributed by atoms with E-state index in [1.165, 1.54) is 41.2 Å². The predicted molar refractivity (Wildman–Crippen MR) is 91.5 cm³/mol. The summed E-state index contributed by atoms with van der Waals surface area (Å²) in [6.07, 6.45) is 0. The van der Waals surface area contributed by atoms with E-state index in [0.717, 1.165) is 0 Å². The number of rotatable bonds is 8. The minimum absolute atomic E-state index is 1.18. The maximum atomic E-state index is 2.26. The van der Waals surface area contributed by atoms with Crippen molar-refractivity contribution in [3.63, 3.8) is 0 Å². The molecule has 0 aliphatic carbocycles. The van der Waals surface area contributed by atoms with Gasteiger partial charge >= 0.3 is 0 Å². The molecule has 0 unspecified atom stereocenters. The molecular formula is C12H20S5. The summed E-state index contributed by atoms with van der Waals surface area (Å²) in [6, 6.07) is 0. The topological polar surface area (TPSA) is 0 Å². The standard InChI is InChI=1S/C12H20S5/c1-5-13-7-15-11-9(3)17-10(4)12(11)16-8-14-6-2/h5-8H2,1-4H3. The SMILES string of the molecule is CCSCSc1c(C)sc(C)c1SCSCC. The van der Waals surface area contributed by atoms with Crippen LogP contribution in [0.15, 0.2) is 9.79 Å². The summed E-state index contributed by atoms with van der Waals surface area (Å²) in [7, 11) is 0. The van der Waals surface area contributed by atoms with Crippen LogP contribution >= 0.6 is 58.4 Å². The summed E-state index contributed by atoms with van der Waals surface area (Å²) < 4.78 is 0. The van der Waals surface area contributed by atoms with Gasteiger partial charge in [0.25, 0.3) is 0 Å². The summed E-state index contributed by atoms with van der Waals surface area (Å²) in [6.45, 7) is 8.97. The molecule has 0 spiro atoms. The molecular weight excluding hydrogens is 304 g/mol. The van der Waals surface area contributed by atoms with Gasteiger partial charge in [-0.1, -0.05) is 13.8 Å². The minimum atomic E-state index is 1.18. The molecule has 0 saturated heterocycles. The van der Waals surface area contributed by atoms with Crippen LogP contribution < -0.4 is 0 Å². The third kappa shape index (κ3) is 5.31. The van der Waals surface area contributed by atoms with Gasteiger partial charge in [-0.25, -0.2) is 0 Å². The van der Waals surface area contributed by atoms with Gasteiger partial charge in [-0.3, -0.25) is 0 Å². The van der Waals surface area contributed by atoms with Gasteiger partial charge in [0.1, 0.15) is 0 Å². The Labute approximate surface area is 126 Å². The average molecular weight is 325 g/mol. The Morgan fingerprint density at radius 2 is 1.24 bits per heavy atom. The van der Waals surface area contributed by atoms with Crippen LogP contribution in [-0.2, 0) is 0 Å². The van der Waals surface area contributed by atoms with Gasteiger partial charge < -0.3 is 0 Å². The molecule has 0 aromatic carbocycles. The second-order valence-electron chi connectivity index (χ2n) is 3.38. The summed E-state index contributed by atoms with van der Waals surface area (Å²) in [5.74, 6) is 2.42. The Hall–Kier alpha value is 1.10. The van der Waals surface area contributed by atoms with Crippen LogP contribution in [0, 0.1) is 13.8 Å². The summed E-state index contributed by atoms with van der Waals surface area (Å²) in [4.78, 5) is 6.06. The zero-order valence-corrected chi connectivity index (χ0v) is 15.0. The average Bonchev–Trinajstić information content (AvgIpc) is 2.56. The van der Waals surface area contributed by atoms with E-state index >= 15 is 0 Å². The van der Waals surface area contributed by atoms with Crippen LogP contribution in [0.5, 0.6) is 0 Å². The van der Waals surface area contributed by atoms with Gasteiger partial charge in [0.05, 0.1) is 0 Å². The van der Waals surface area contributed by atoms with Gasteiger partial charge in [0.2, 0.25) is 0 Å². The normalized spacial score (nSPS) is 11.1. The molecule has 1 aromatic heterocycles. The van der Waals surface area contributed by atoms with Crippen molar-refractivity contribution in [3.8, 4) is 0 Å². The molecule has 98 valence electrons. The number of hydrogen-bond donors (Lipinski definition) is 0. The monoisotopic (exact) mass is 324 g/mol. The fourth-order valence-electron chi connectivity index (χ4n) is 1.34. The molecule has 17 heavy (non-hydrogen) atoms. The number of aryl methyl sites for hydroxylation is 2. The maximum absolute atomic E-state index is 2.26. The van der Waals surface area contributed by atoms with Crippen LogP contribution in [0.4, 0.5) is 0 Å². The second kappa shape index (κ2) is 9.08. The highest BCUT2D eigenvalue weighted by Gasteiger charge is 2.13. The first-order chi connectivity index (χ1) is 8.20. The largest absolute Gasteiger partial charge is 0.151 e. The van der Waals surface area contributed by atoms with Crippen LogP contribution in [0.25, 0.3) is 0 Å². The van der Waals surface area contributed by atoms with Crippen molar-refractivity contribution >= 4 is 58.4 Å². The van der Waals surface area contributed by atoms with E-state index in [9.17, 15) is 0 Å². The molecule has 0 aliphatic rings. The summed E-state index contributed by atoms with van der Waals surface area (Å²) in [5.41, 5.74) is 0. The van der Waals surface area contributed by atoms with Gasteiger partial charge in [0, 0.05) is 29.7 Å². The van der Waals surface area contributed by atoms with E-state index in [1.54, 1.807) is 0 Å². The maximum Gasteiger partial charge on any atom is 0.0440 e. The fraction of sp³-hybridized carbons (Fsp3) is 0.667. The Morgan fingerprint density at radius 1 is 0.824 bits per heavy atom. The van der Waals surface area contributed by atoms with Gasteiger partial charge in [-0.2, -0.15) is 23.5 Å². The van der Waals surface area contributed by atoms with Crippen LogP contribution in [0.1, 0.15) is 23.6 Å². The van der Waals surface area contributed by atoms with E-state index in [4.69, 9.17) is 0 Å². The van der Waals surface area contributed by atoms with E-state index in [2.05, 4.69) is 27.7 Å². The molecule has 0 aliphatic heterocycles. The Balaban J connectivity index is 2.65. The minimum Gasteiger partial charge on any atom is -0.151 e. The Morgan fingerprint density at radius 3 is 1.59 bits per heavy atom. The zero-order valence-electron chi connectivity index (χ0n) is 10.9. The predicted octanol–water partition coefficient (Wildman–Crippen LogP) is 5.97. The van der Waals surface area contributed by atoms with E-state index in [1.807, 2.05) is 58.4 Å². The molecule has 1 heterocycles. The lowest BCUT2D eigenvalue weighted by molar-refractivity contribution is 1.23. The molecule has 1 rings (SSSR count). The number of thiophene rings is 1. The highest BCUT2D eigenvalue weighted by atomic mass is 32.2. The lowest BCUT2D eigenvalue weighted by Gasteiger charge is -2.05.